The molecule has 21 heavy (non-hydrogen) atoms. The Morgan fingerprint density at radius 2 is 2.10 bits per heavy atom. The number of benzene rings is 1. The minimum absolute atomic E-state index is 0.0963. The second-order valence-electron chi connectivity index (χ2n) is 4.91. The molecule has 0 unspecified atom stereocenters. The van der Waals surface area contributed by atoms with Crippen molar-refractivity contribution in [3.05, 3.63) is 23.8 Å². The van der Waals surface area contributed by atoms with Crippen molar-refractivity contribution in [3.8, 4) is 11.5 Å². The first-order valence-electron chi connectivity index (χ1n) is 7.07. The third-order valence-corrected chi connectivity index (χ3v) is 3.17. The molecule has 0 radical (unpaired) electrons. The van der Waals surface area contributed by atoms with Gasteiger partial charge in [-0.25, -0.2) is 4.79 Å². The summed E-state index contributed by atoms with van der Waals surface area (Å²) in [6.07, 6.45) is 0.806. The average Bonchev–Trinajstić information content (AvgIpc) is 2.51. The summed E-state index contributed by atoms with van der Waals surface area (Å²) in [6.45, 7) is 2.92. The SMILES string of the molecule is COCCCNC(=O)N(C)Cc1ccc2c(c1)OCCO2. The van der Waals surface area contributed by atoms with Crippen molar-refractivity contribution in [3.63, 3.8) is 0 Å². The van der Waals surface area contributed by atoms with Gasteiger partial charge in [0.05, 0.1) is 0 Å². The highest BCUT2D eigenvalue weighted by Gasteiger charge is 2.14. The largest absolute Gasteiger partial charge is 0.486 e. The molecule has 1 aliphatic heterocycles. The Balaban J connectivity index is 1.84. The molecule has 2 amide bonds. The van der Waals surface area contributed by atoms with Crippen molar-refractivity contribution in [1.29, 1.82) is 0 Å². The minimum atomic E-state index is -0.0963. The molecule has 1 N–H and O–H groups in total. The highest BCUT2D eigenvalue weighted by atomic mass is 16.6. The van der Waals surface area contributed by atoms with E-state index < -0.39 is 0 Å². The summed E-state index contributed by atoms with van der Waals surface area (Å²) in [5.74, 6) is 1.50. The smallest absolute Gasteiger partial charge is 0.317 e. The summed E-state index contributed by atoms with van der Waals surface area (Å²) < 4.78 is 16.0. The number of hydrogen-bond donors (Lipinski definition) is 1. The number of methoxy groups -OCH3 is 1. The molecule has 6 nitrogen and oxygen atoms in total. The van der Waals surface area contributed by atoms with Crippen LogP contribution < -0.4 is 14.8 Å². The molecule has 0 aromatic heterocycles. The van der Waals surface area contributed by atoms with Gasteiger partial charge in [0.15, 0.2) is 11.5 Å². The summed E-state index contributed by atoms with van der Waals surface area (Å²) >= 11 is 0. The van der Waals surface area contributed by atoms with Crippen LogP contribution in [0.4, 0.5) is 4.79 Å². The Hall–Kier alpha value is -1.95. The number of ether oxygens (including phenoxy) is 3. The molecule has 1 heterocycles. The lowest BCUT2D eigenvalue weighted by Crippen LogP contribution is -2.37. The Kier molecular flexibility index (Phi) is 5.68. The molecular weight excluding hydrogens is 272 g/mol. The summed E-state index contributed by atoms with van der Waals surface area (Å²) in [7, 11) is 3.41. The molecule has 1 aliphatic rings. The van der Waals surface area contributed by atoms with Crippen LogP contribution in [0.25, 0.3) is 0 Å². The topological polar surface area (TPSA) is 60.0 Å². The average molecular weight is 294 g/mol. The van der Waals surface area contributed by atoms with Gasteiger partial charge >= 0.3 is 6.03 Å². The van der Waals surface area contributed by atoms with Crippen LogP contribution >= 0.6 is 0 Å². The summed E-state index contributed by atoms with van der Waals surface area (Å²) in [6, 6.07) is 5.65. The van der Waals surface area contributed by atoms with E-state index in [9.17, 15) is 4.79 Å². The van der Waals surface area contributed by atoms with Gasteiger partial charge in [0.25, 0.3) is 0 Å². The van der Waals surface area contributed by atoms with Gasteiger partial charge in [-0.15, -0.1) is 0 Å². The number of rotatable bonds is 6. The van der Waals surface area contributed by atoms with Crippen molar-refractivity contribution in [2.45, 2.75) is 13.0 Å². The predicted octanol–water partition coefficient (Wildman–Crippen LogP) is 1.64. The van der Waals surface area contributed by atoms with Gasteiger partial charge in [-0.1, -0.05) is 6.07 Å². The lowest BCUT2D eigenvalue weighted by atomic mass is 10.2. The first-order chi connectivity index (χ1) is 10.2. The van der Waals surface area contributed by atoms with E-state index in [4.69, 9.17) is 14.2 Å². The molecule has 116 valence electrons. The van der Waals surface area contributed by atoms with E-state index in [1.54, 1.807) is 19.1 Å². The number of amides is 2. The third kappa shape index (κ3) is 4.53. The monoisotopic (exact) mass is 294 g/mol. The van der Waals surface area contributed by atoms with Crippen molar-refractivity contribution in [1.82, 2.24) is 10.2 Å². The summed E-state index contributed by atoms with van der Waals surface area (Å²) in [4.78, 5) is 13.6. The van der Waals surface area contributed by atoms with E-state index in [0.717, 1.165) is 23.5 Å². The van der Waals surface area contributed by atoms with Crippen LogP contribution in [0.5, 0.6) is 11.5 Å². The van der Waals surface area contributed by atoms with Crippen LogP contribution in [0.1, 0.15) is 12.0 Å². The summed E-state index contributed by atoms with van der Waals surface area (Å²) in [5.41, 5.74) is 1.01. The van der Waals surface area contributed by atoms with E-state index in [0.29, 0.717) is 32.9 Å². The second kappa shape index (κ2) is 7.73. The Morgan fingerprint density at radius 1 is 1.33 bits per heavy atom. The second-order valence-corrected chi connectivity index (χ2v) is 4.91. The first kappa shape index (κ1) is 15.4. The van der Waals surface area contributed by atoms with E-state index in [2.05, 4.69) is 5.32 Å². The van der Waals surface area contributed by atoms with Crippen molar-refractivity contribution >= 4 is 6.03 Å². The number of urea groups is 1. The zero-order valence-corrected chi connectivity index (χ0v) is 12.6. The Morgan fingerprint density at radius 3 is 2.86 bits per heavy atom. The fraction of sp³-hybridized carbons (Fsp3) is 0.533. The zero-order valence-electron chi connectivity index (χ0n) is 12.6. The fourth-order valence-corrected chi connectivity index (χ4v) is 2.08. The van der Waals surface area contributed by atoms with Crippen LogP contribution in [-0.4, -0.2) is 51.5 Å². The third-order valence-electron chi connectivity index (χ3n) is 3.17. The number of carbonyl (C=O) groups is 1. The van der Waals surface area contributed by atoms with Gasteiger partial charge < -0.3 is 24.4 Å². The van der Waals surface area contributed by atoms with E-state index in [1.807, 2.05) is 18.2 Å². The normalized spacial score (nSPS) is 12.9. The Bertz CT molecular complexity index is 479. The maximum absolute atomic E-state index is 11.9. The maximum atomic E-state index is 11.9. The zero-order chi connectivity index (χ0) is 15.1. The maximum Gasteiger partial charge on any atom is 0.317 e. The Labute approximate surface area is 125 Å². The van der Waals surface area contributed by atoms with Gasteiger partial charge in [0.1, 0.15) is 13.2 Å². The lowest BCUT2D eigenvalue weighted by molar-refractivity contribution is 0.171. The predicted molar refractivity (Wildman–Crippen MR) is 78.8 cm³/mol. The van der Waals surface area contributed by atoms with Crippen LogP contribution in [0.15, 0.2) is 18.2 Å². The molecule has 0 fully saturated rings. The molecule has 0 atom stereocenters. The molecule has 0 spiro atoms. The lowest BCUT2D eigenvalue weighted by Gasteiger charge is -2.21. The van der Waals surface area contributed by atoms with E-state index >= 15 is 0 Å². The van der Waals surface area contributed by atoms with Crippen LogP contribution in [0.2, 0.25) is 0 Å². The molecule has 0 saturated heterocycles. The van der Waals surface area contributed by atoms with Gasteiger partial charge in [0, 0.05) is 33.9 Å². The number of carbonyl (C=O) groups excluding carboxylic acids is 1. The van der Waals surface area contributed by atoms with Gasteiger partial charge in [0.2, 0.25) is 0 Å². The first-order valence-corrected chi connectivity index (χ1v) is 7.07. The van der Waals surface area contributed by atoms with Gasteiger partial charge in [-0.3, -0.25) is 0 Å². The molecule has 6 heteroatoms. The van der Waals surface area contributed by atoms with E-state index in [1.165, 1.54) is 0 Å². The number of hydrogen-bond acceptors (Lipinski definition) is 4. The molecule has 1 aromatic carbocycles. The quantitative estimate of drug-likeness (QED) is 0.810. The molecule has 2 rings (SSSR count). The van der Waals surface area contributed by atoms with Crippen LogP contribution in [0, 0.1) is 0 Å². The number of nitrogens with one attached hydrogen (secondary N) is 1. The van der Waals surface area contributed by atoms with Crippen molar-refractivity contribution < 1.29 is 19.0 Å². The van der Waals surface area contributed by atoms with Crippen LogP contribution in [0.3, 0.4) is 0 Å². The fourth-order valence-electron chi connectivity index (χ4n) is 2.08. The van der Waals surface area contributed by atoms with Crippen molar-refractivity contribution in [2.24, 2.45) is 0 Å². The number of fused-ring (bicyclic) bond motifs is 1. The highest BCUT2D eigenvalue weighted by Crippen LogP contribution is 2.30. The minimum Gasteiger partial charge on any atom is -0.486 e. The molecule has 0 bridgehead atoms. The molecule has 1 aromatic rings. The highest BCUT2D eigenvalue weighted by molar-refractivity contribution is 5.73. The molecule has 0 saturated carbocycles. The van der Waals surface area contributed by atoms with Gasteiger partial charge in [-0.05, 0) is 24.1 Å². The van der Waals surface area contributed by atoms with Crippen molar-refractivity contribution in [2.75, 3.05) is 40.5 Å². The molecule has 0 aliphatic carbocycles. The van der Waals surface area contributed by atoms with Gasteiger partial charge in [-0.2, -0.15) is 0 Å². The standard InChI is InChI=1S/C15H22N2O4/c1-17(15(18)16-6-3-7-19-2)11-12-4-5-13-14(10-12)21-9-8-20-13/h4-5,10H,3,6-9,11H2,1-2H3,(H,16,18). The van der Waals surface area contributed by atoms with Crippen LogP contribution in [-0.2, 0) is 11.3 Å². The summed E-state index contributed by atoms with van der Waals surface area (Å²) in [5, 5.41) is 2.85. The molecular formula is C15H22N2O4. The number of nitrogens with zero attached hydrogens (tertiary/aromatic N) is 1. The van der Waals surface area contributed by atoms with E-state index in [-0.39, 0.29) is 6.03 Å².